The molecule has 0 fully saturated rings. The van der Waals surface area contributed by atoms with Crippen LogP contribution in [0.1, 0.15) is 30.5 Å². The lowest BCUT2D eigenvalue weighted by atomic mass is 9.94. The summed E-state index contributed by atoms with van der Waals surface area (Å²) < 4.78 is 0. The molecule has 4 aromatic rings. The monoisotopic (exact) mass is 340 g/mol. The van der Waals surface area contributed by atoms with Crippen molar-refractivity contribution in [2.45, 2.75) is 34.1 Å². The fourth-order valence-corrected chi connectivity index (χ4v) is 3.92. The summed E-state index contributed by atoms with van der Waals surface area (Å²) in [4.78, 5) is 9.34. The zero-order valence-electron chi connectivity index (χ0n) is 15.9. The lowest BCUT2D eigenvalue weighted by molar-refractivity contribution is 0.650. The van der Waals surface area contributed by atoms with Gasteiger partial charge in [-0.25, -0.2) is 9.97 Å². The van der Waals surface area contributed by atoms with Crippen molar-refractivity contribution in [3.63, 3.8) is 0 Å². The van der Waals surface area contributed by atoms with E-state index in [0.717, 1.165) is 28.6 Å². The molecular weight excluding hydrogens is 316 g/mol. The highest BCUT2D eigenvalue weighted by atomic mass is 14.8. The van der Waals surface area contributed by atoms with E-state index in [1.165, 1.54) is 27.5 Å². The molecule has 0 N–H and O–H groups in total. The molecule has 0 aliphatic heterocycles. The second-order valence-corrected chi connectivity index (χ2v) is 7.67. The van der Waals surface area contributed by atoms with Gasteiger partial charge in [0.05, 0.1) is 11.2 Å². The molecule has 0 radical (unpaired) electrons. The van der Waals surface area contributed by atoms with Crippen molar-refractivity contribution in [1.29, 1.82) is 0 Å². The molecule has 130 valence electrons. The van der Waals surface area contributed by atoms with E-state index in [-0.39, 0.29) is 0 Å². The second-order valence-electron chi connectivity index (χ2n) is 7.67. The van der Waals surface area contributed by atoms with E-state index in [9.17, 15) is 0 Å². The summed E-state index contributed by atoms with van der Waals surface area (Å²) in [6.45, 7) is 8.80. The topological polar surface area (TPSA) is 25.8 Å². The first kappa shape index (κ1) is 16.7. The number of fused-ring (bicyclic) bond motifs is 3. The van der Waals surface area contributed by atoms with Gasteiger partial charge in [-0.1, -0.05) is 55.3 Å². The number of nitrogens with zero attached hydrogens (tertiary/aromatic N) is 2. The van der Waals surface area contributed by atoms with Crippen LogP contribution in [0.4, 0.5) is 0 Å². The van der Waals surface area contributed by atoms with Crippen molar-refractivity contribution in [2.24, 2.45) is 5.92 Å². The van der Waals surface area contributed by atoms with Crippen LogP contribution in [0.3, 0.4) is 0 Å². The highest BCUT2D eigenvalue weighted by molar-refractivity contribution is 6.10. The van der Waals surface area contributed by atoms with Gasteiger partial charge in [0.15, 0.2) is 0 Å². The Balaban J connectivity index is 2.04. The van der Waals surface area contributed by atoms with Gasteiger partial charge in [0.25, 0.3) is 0 Å². The van der Waals surface area contributed by atoms with Gasteiger partial charge in [-0.3, -0.25) is 0 Å². The summed E-state index contributed by atoms with van der Waals surface area (Å²) in [7, 11) is 0. The van der Waals surface area contributed by atoms with Crippen LogP contribution < -0.4 is 0 Å². The molecular formula is C24H24N2. The molecule has 4 rings (SSSR count). The van der Waals surface area contributed by atoms with Gasteiger partial charge in [0, 0.05) is 16.3 Å². The minimum absolute atomic E-state index is 0.608. The van der Waals surface area contributed by atoms with Gasteiger partial charge in [-0.05, 0) is 55.3 Å². The average Bonchev–Trinajstić information content (AvgIpc) is 2.59. The molecule has 0 aliphatic rings. The lowest BCUT2D eigenvalue weighted by Gasteiger charge is -2.13. The first-order valence-corrected chi connectivity index (χ1v) is 9.27. The fraction of sp³-hybridized carbons (Fsp3) is 0.250. The second kappa shape index (κ2) is 6.53. The van der Waals surface area contributed by atoms with Gasteiger partial charge in [-0.2, -0.15) is 0 Å². The molecule has 0 aliphatic carbocycles. The van der Waals surface area contributed by atoms with Crippen LogP contribution in [0.15, 0.2) is 54.9 Å². The summed E-state index contributed by atoms with van der Waals surface area (Å²) in [6, 6.07) is 17.6. The van der Waals surface area contributed by atoms with E-state index >= 15 is 0 Å². The third kappa shape index (κ3) is 2.96. The predicted molar refractivity (Wildman–Crippen MR) is 110 cm³/mol. The quantitative estimate of drug-likeness (QED) is 0.411. The lowest BCUT2D eigenvalue weighted by Crippen LogP contribution is -1.97. The minimum Gasteiger partial charge on any atom is -0.236 e. The summed E-state index contributed by atoms with van der Waals surface area (Å²) >= 11 is 0. The van der Waals surface area contributed by atoms with Gasteiger partial charge in [-0.15, -0.1) is 0 Å². The van der Waals surface area contributed by atoms with Crippen molar-refractivity contribution in [3.05, 3.63) is 71.5 Å². The summed E-state index contributed by atoms with van der Waals surface area (Å²) in [6.07, 6.45) is 2.76. The molecule has 0 amide bonds. The largest absolute Gasteiger partial charge is 0.236 e. The van der Waals surface area contributed by atoms with Crippen LogP contribution in [-0.4, -0.2) is 9.97 Å². The van der Waals surface area contributed by atoms with Gasteiger partial charge < -0.3 is 0 Å². The number of aryl methyl sites for hydroxylation is 2. The van der Waals surface area contributed by atoms with Crippen molar-refractivity contribution in [2.75, 3.05) is 0 Å². The molecule has 3 aromatic carbocycles. The number of aromatic nitrogens is 2. The first-order valence-electron chi connectivity index (χ1n) is 9.27. The Labute approximate surface area is 154 Å². The summed E-state index contributed by atoms with van der Waals surface area (Å²) in [5, 5.41) is 3.65. The highest BCUT2D eigenvalue weighted by Crippen LogP contribution is 2.33. The molecule has 2 heteroatoms. The number of hydrogen-bond acceptors (Lipinski definition) is 2. The third-order valence-electron chi connectivity index (χ3n) is 4.86. The molecule has 1 aromatic heterocycles. The smallest absolute Gasteiger partial charge is 0.116 e. The molecule has 0 unspecified atom stereocenters. The standard InChI is InChI=1S/C24H24N2/c1-15(2)10-19-7-5-6-18-8-9-21-23(25-14-26-24(21)22(18)19)20-12-16(3)11-17(4)13-20/h5-9,11-15H,10H2,1-4H3. The fourth-order valence-electron chi connectivity index (χ4n) is 3.92. The molecule has 1 heterocycles. The maximum absolute atomic E-state index is 4.70. The molecule has 0 bridgehead atoms. The third-order valence-corrected chi connectivity index (χ3v) is 4.86. The van der Waals surface area contributed by atoms with E-state index in [1.807, 2.05) is 0 Å². The molecule has 0 spiro atoms. The van der Waals surface area contributed by atoms with Crippen LogP contribution in [0.5, 0.6) is 0 Å². The molecule has 2 nitrogen and oxygen atoms in total. The first-order chi connectivity index (χ1) is 12.5. The Morgan fingerprint density at radius 1 is 0.885 bits per heavy atom. The molecule has 0 atom stereocenters. The number of benzene rings is 3. The SMILES string of the molecule is Cc1cc(C)cc(-c2ncnc3c2ccc2cccc(CC(C)C)c23)c1. The predicted octanol–water partition coefficient (Wildman–Crippen LogP) is 6.27. The Bertz CT molecular complexity index is 1090. The van der Waals surface area contributed by atoms with Gasteiger partial charge >= 0.3 is 0 Å². The van der Waals surface area contributed by atoms with E-state index in [1.54, 1.807) is 6.33 Å². The Hall–Kier alpha value is -2.74. The van der Waals surface area contributed by atoms with Crippen LogP contribution in [0, 0.1) is 19.8 Å². The maximum atomic E-state index is 4.70. The Morgan fingerprint density at radius 3 is 2.38 bits per heavy atom. The van der Waals surface area contributed by atoms with Crippen molar-refractivity contribution < 1.29 is 0 Å². The maximum Gasteiger partial charge on any atom is 0.116 e. The van der Waals surface area contributed by atoms with Crippen LogP contribution in [0.25, 0.3) is 32.9 Å². The van der Waals surface area contributed by atoms with Crippen molar-refractivity contribution in [3.8, 4) is 11.3 Å². The Kier molecular flexibility index (Phi) is 4.20. The van der Waals surface area contributed by atoms with Gasteiger partial charge in [0.1, 0.15) is 6.33 Å². The van der Waals surface area contributed by atoms with Crippen LogP contribution in [0.2, 0.25) is 0 Å². The summed E-state index contributed by atoms with van der Waals surface area (Å²) in [5.74, 6) is 0.608. The van der Waals surface area contributed by atoms with Crippen LogP contribution >= 0.6 is 0 Å². The highest BCUT2D eigenvalue weighted by Gasteiger charge is 2.13. The molecule has 0 saturated carbocycles. The minimum atomic E-state index is 0.608. The van der Waals surface area contributed by atoms with E-state index < -0.39 is 0 Å². The van der Waals surface area contributed by atoms with Crippen molar-refractivity contribution in [1.82, 2.24) is 9.97 Å². The van der Waals surface area contributed by atoms with E-state index in [2.05, 4.69) is 81.2 Å². The molecule has 0 saturated heterocycles. The zero-order valence-corrected chi connectivity index (χ0v) is 15.9. The van der Waals surface area contributed by atoms with Gasteiger partial charge in [0.2, 0.25) is 0 Å². The van der Waals surface area contributed by atoms with Crippen LogP contribution in [-0.2, 0) is 6.42 Å². The zero-order chi connectivity index (χ0) is 18.3. The van der Waals surface area contributed by atoms with E-state index in [4.69, 9.17) is 4.98 Å². The van der Waals surface area contributed by atoms with E-state index in [0.29, 0.717) is 5.92 Å². The summed E-state index contributed by atoms with van der Waals surface area (Å²) in [5.41, 5.74) is 7.12. The number of rotatable bonds is 3. The Morgan fingerprint density at radius 2 is 1.65 bits per heavy atom. The normalized spacial score (nSPS) is 11.6. The number of hydrogen-bond donors (Lipinski definition) is 0. The van der Waals surface area contributed by atoms with Crippen molar-refractivity contribution >= 4 is 21.7 Å². The molecule has 26 heavy (non-hydrogen) atoms. The average molecular weight is 340 g/mol.